The van der Waals surface area contributed by atoms with Crippen molar-refractivity contribution in [2.45, 2.75) is 76.8 Å². The molecule has 0 heterocycles. The van der Waals surface area contributed by atoms with E-state index in [2.05, 4.69) is 93.3 Å². The highest BCUT2D eigenvalue weighted by Crippen LogP contribution is 2.43. The predicted molar refractivity (Wildman–Crippen MR) is 130 cm³/mol. The summed E-state index contributed by atoms with van der Waals surface area (Å²) in [5.41, 5.74) is 6.17. The highest BCUT2D eigenvalue weighted by molar-refractivity contribution is 5.37. The van der Waals surface area contributed by atoms with Crippen LogP contribution in [0.1, 0.15) is 67.7 Å². The summed E-state index contributed by atoms with van der Waals surface area (Å²) >= 11 is 0. The third-order valence-corrected chi connectivity index (χ3v) is 7.47. The Kier molecular flexibility index (Phi) is 8.13. The lowest BCUT2D eigenvalue weighted by Gasteiger charge is -2.48. The average molecular weight is 407 g/mol. The van der Waals surface area contributed by atoms with Crippen LogP contribution in [0.15, 0.2) is 48.5 Å². The van der Waals surface area contributed by atoms with Crippen molar-refractivity contribution in [3.63, 3.8) is 0 Å². The Labute approximate surface area is 185 Å². The molecule has 30 heavy (non-hydrogen) atoms. The van der Waals surface area contributed by atoms with Gasteiger partial charge in [0.05, 0.1) is 0 Å². The zero-order valence-electron chi connectivity index (χ0n) is 20.0. The summed E-state index contributed by atoms with van der Waals surface area (Å²) in [5.74, 6) is 0. The van der Waals surface area contributed by atoms with Crippen LogP contribution in [0.3, 0.4) is 0 Å². The van der Waals surface area contributed by atoms with E-state index >= 15 is 0 Å². The van der Waals surface area contributed by atoms with Crippen molar-refractivity contribution >= 4 is 0 Å². The summed E-state index contributed by atoms with van der Waals surface area (Å²) in [4.78, 5) is 5.11. The van der Waals surface area contributed by atoms with Gasteiger partial charge in [-0.25, -0.2) is 0 Å². The van der Waals surface area contributed by atoms with Gasteiger partial charge in [0, 0.05) is 18.1 Å². The number of rotatable bonds is 9. The van der Waals surface area contributed by atoms with Crippen molar-refractivity contribution in [2.75, 3.05) is 27.7 Å². The summed E-state index contributed by atoms with van der Waals surface area (Å²) in [5, 5.41) is 0. The standard InChI is InChI=1S/C28H42N2/c1-6-7-11-25-14-15-27(23(2)22-25)28(29(3)4)19-16-26(17-20-28)30(5)21-18-24-12-9-8-10-13-24/h8-10,12-15,22,26H,6-7,11,16-21H2,1-5H3. The summed E-state index contributed by atoms with van der Waals surface area (Å²) in [7, 11) is 6.89. The van der Waals surface area contributed by atoms with Crippen LogP contribution in [0.5, 0.6) is 0 Å². The van der Waals surface area contributed by atoms with Gasteiger partial charge >= 0.3 is 0 Å². The summed E-state index contributed by atoms with van der Waals surface area (Å²) in [6.45, 7) is 5.75. The number of unbranched alkanes of at least 4 members (excludes halogenated alkanes) is 1. The lowest BCUT2D eigenvalue weighted by atomic mass is 9.72. The number of hydrogen-bond donors (Lipinski definition) is 0. The van der Waals surface area contributed by atoms with Crippen LogP contribution in [0.4, 0.5) is 0 Å². The van der Waals surface area contributed by atoms with Crippen LogP contribution in [-0.4, -0.2) is 43.5 Å². The summed E-state index contributed by atoms with van der Waals surface area (Å²) in [6, 6.07) is 18.9. The minimum absolute atomic E-state index is 0.185. The van der Waals surface area contributed by atoms with Gasteiger partial charge < -0.3 is 4.90 Å². The molecule has 2 nitrogen and oxygen atoms in total. The summed E-state index contributed by atoms with van der Waals surface area (Å²) in [6.07, 6.45) is 9.95. The third-order valence-electron chi connectivity index (χ3n) is 7.47. The Morgan fingerprint density at radius 3 is 2.20 bits per heavy atom. The molecule has 2 aromatic rings. The van der Waals surface area contributed by atoms with E-state index in [-0.39, 0.29) is 5.54 Å². The van der Waals surface area contributed by atoms with E-state index in [1.165, 1.54) is 61.6 Å². The molecule has 164 valence electrons. The second-order valence-electron chi connectivity index (χ2n) is 9.63. The second kappa shape index (κ2) is 10.6. The minimum atomic E-state index is 0.185. The van der Waals surface area contributed by atoms with E-state index in [1.807, 2.05) is 0 Å². The largest absolute Gasteiger partial charge is 0.303 e. The van der Waals surface area contributed by atoms with Gasteiger partial charge in [-0.2, -0.15) is 0 Å². The first-order valence-electron chi connectivity index (χ1n) is 12.0. The highest BCUT2D eigenvalue weighted by atomic mass is 15.2. The fraction of sp³-hybridized carbons (Fsp3) is 0.571. The third kappa shape index (κ3) is 5.34. The molecule has 1 saturated carbocycles. The molecule has 0 amide bonds. The van der Waals surface area contributed by atoms with E-state index < -0.39 is 0 Å². The molecule has 1 aliphatic carbocycles. The zero-order valence-corrected chi connectivity index (χ0v) is 20.0. The molecule has 2 aromatic carbocycles. The Hall–Kier alpha value is -1.64. The highest BCUT2D eigenvalue weighted by Gasteiger charge is 2.40. The van der Waals surface area contributed by atoms with Gasteiger partial charge in [0.2, 0.25) is 0 Å². The molecule has 0 saturated heterocycles. The molecule has 1 fully saturated rings. The molecule has 0 atom stereocenters. The SMILES string of the molecule is CCCCc1ccc(C2(N(C)C)CCC(N(C)CCc3ccccc3)CC2)c(C)c1. The fourth-order valence-corrected chi connectivity index (χ4v) is 5.40. The molecule has 3 rings (SSSR count). The van der Waals surface area contributed by atoms with Crippen LogP contribution >= 0.6 is 0 Å². The van der Waals surface area contributed by atoms with Gasteiger partial charge in [0.25, 0.3) is 0 Å². The first kappa shape index (κ1) is 23.0. The first-order valence-corrected chi connectivity index (χ1v) is 12.0. The van der Waals surface area contributed by atoms with Crippen LogP contribution in [0.2, 0.25) is 0 Å². The van der Waals surface area contributed by atoms with E-state index in [1.54, 1.807) is 5.56 Å². The molecule has 0 unspecified atom stereocenters. The average Bonchev–Trinajstić information content (AvgIpc) is 2.76. The molecule has 1 aliphatic rings. The van der Waals surface area contributed by atoms with Gasteiger partial charge in [-0.3, -0.25) is 4.90 Å². The lowest BCUT2D eigenvalue weighted by molar-refractivity contribution is 0.0572. The molecule has 0 N–H and O–H groups in total. The molecule has 2 heteroatoms. The van der Waals surface area contributed by atoms with Gasteiger partial charge in [-0.15, -0.1) is 0 Å². The Bertz CT molecular complexity index is 772. The Balaban J connectivity index is 1.65. The zero-order chi connectivity index (χ0) is 21.6. The van der Waals surface area contributed by atoms with Crippen molar-refractivity contribution in [1.82, 2.24) is 9.80 Å². The number of aryl methyl sites for hydroxylation is 2. The van der Waals surface area contributed by atoms with Gasteiger partial charge in [-0.1, -0.05) is 61.9 Å². The van der Waals surface area contributed by atoms with Crippen molar-refractivity contribution < 1.29 is 0 Å². The Morgan fingerprint density at radius 2 is 1.60 bits per heavy atom. The normalized spacial score (nSPS) is 22.0. The first-order chi connectivity index (χ1) is 14.5. The van der Waals surface area contributed by atoms with Crippen molar-refractivity contribution in [1.29, 1.82) is 0 Å². The lowest BCUT2D eigenvalue weighted by Crippen LogP contribution is -2.48. The van der Waals surface area contributed by atoms with Crippen LogP contribution < -0.4 is 0 Å². The maximum atomic E-state index is 2.60. The van der Waals surface area contributed by atoms with E-state index in [0.29, 0.717) is 6.04 Å². The van der Waals surface area contributed by atoms with Crippen LogP contribution in [0.25, 0.3) is 0 Å². The van der Waals surface area contributed by atoms with Crippen molar-refractivity contribution in [2.24, 2.45) is 0 Å². The number of hydrogen-bond acceptors (Lipinski definition) is 2. The Morgan fingerprint density at radius 1 is 0.900 bits per heavy atom. The minimum Gasteiger partial charge on any atom is -0.303 e. The molecule has 0 aromatic heterocycles. The predicted octanol–water partition coefficient (Wildman–Crippen LogP) is 6.21. The topological polar surface area (TPSA) is 6.48 Å². The smallest absolute Gasteiger partial charge is 0.0458 e. The van der Waals surface area contributed by atoms with Crippen LogP contribution in [-0.2, 0) is 18.4 Å². The van der Waals surface area contributed by atoms with Crippen molar-refractivity contribution in [3.8, 4) is 0 Å². The fourth-order valence-electron chi connectivity index (χ4n) is 5.40. The second-order valence-corrected chi connectivity index (χ2v) is 9.63. The van der Waals surface area contributed by atoms with Crippen molar-refractivity contribution in [3.05, 3.63) is 70.8 Å². The number of nitrogens with zero attached hydrogens (tertiary/aromatic N) is 2. The molecular weight excluding hydrogens is 364 g/mol. The molecule has 0 bridgehead atoms. The van der Waals surface area contributed by atoms with Crippen LogP contribution in [0, 0.1) is 6.92 Å². The maximum absolute atomic E-state index is 2.60. The monoisotopic (exact) mass is 406 g/mol. The molecular formula is C28H42N2. The van der Waals surface area contributed by atoms with E-state index in [4.69, 9.17) is 0 Å². The summed E-state index contributed by atoms with van der Waals surface area (Å²) < 4.78 is 0. The van der Waals surface area contributed by atoms with E-state index in [9.17, 15) is 0 Å². The van der Waals surface area contributed by atoms with Gasteiger partial charge in [0.1, 0.15) is 0 Å². The number of likely N-dealkylation sites (N-methyl/N-ethyl adjacent to an activating group) is 1. The molecule has 0 aliphatic heterocycles. The van der Waals surface area contributed by atoms with E-state index in [0.717, 1.165) is 13.0 Å². The molecule has 0 spiro atoms. The van der Waals surface area contributed by atoms with Gasteiger partial charge in [0.15, 0.2) is 0 Å². The van der Waals surface area contributed by atoms with Gasteiger partial charge in [-0.05, 0) is 95.3 Å². The number of benzene rings is 2. The quantitative estimate of drug-likeness (QED) is 0.488. The molecule has 0 radical (unpaired) electrons. The maximum Gasteiger partial charge on any atom is 0.0458 e.